The minimum Gasteiger partial charge on any atom is -0.376 e. The highest BCUT2D eigenvalue weighted by molar-refractivity contribution is 5.93. The third-order valence-corrected chi connectivity index (χ3v) is 3.02. The first-order chi connectivity index (χ1) is 10.4. The Kier molecular flexibility index (Phi) is 4.47. The van der Waals surface area contributed by atoms with E-state index in [0.29, 0.717) is 11.3 Å². The van der Waals surface area contributed by atoms with Gasteiger partial charge >= 0.3 is 0 Å². The van der Waals surface area contributed by atoms with Gasteiger partial charge in [0.15, 0.2) is 0 Å². The van der Waals surface area contributed by atoms with Crippen LogP contribution in [0.1, 0.15) is 26.3 Å². The average Bonchev–Trinajstić information content (AvgIpc) is 2.94. The molecule has 0 spiro atoms. The number of nitriles is 1. The Morgan fingerprint density at radius 3 is 2.50 bits per heavy atom. The van der Waals surface area contributed by atoms with E-state index in [-0.39, 0.29) is 18.0 Å². The van der Waals surface area contributed by atoms with E-state index < -0.39 is 0 Å². The molecule has 2 aromatic rings. The van der Waals surface area contributed by atoms with Crippen LogP contribution >= 0.6 is 0 Å². The second kappa shape index (κ2) is 6.31. The van der Waals surface area contributed by atoms with Crippen molar-refractivity contribution in [2.24, 2.45) is 0 Å². The zero-order valence-electron chi connectivity index (χ0n) is 12.9. The number of hydrogen-bond acceptors (Lipinski definition) is 4. The van der Waals surface area contributed by atoms with Gasteiger partial charge < -0.3 is 10.6 Å². The van der Waals surface area contributed by atoms with Gasteiger partial charge in [0.05, 0.1) is 35.6 Å². The summed E-state index contributed by atoms with van der Waals surface area (Å²) in [7, 11) is 0. The lowest BCUT2D eigenvalue weighted by Crippen LogP contribution is -2.23. The van der Waals surface area contributed by atoms with Gasteiger partial charge in [-0.25, -0.2) is 0 Å². The first-order valence-corrected chi connectivity index (χ1v) is 6.97. The molecule has 0 aliphatic carbocycles. The van der Waals surface area contributed by atoms with E-state index in [1.807, 2.05) is 26.8 Å². The summed E-state index contributed by atoms with van der Waals surface area (Å²) in [5.41, 5.74) is 1.93. The Hall–Kier alpha value is -2.81. The molecule has 0 atom stereocenters. The van der Waals surface area contributed by atoms with Crippen LogP contribution in [0.4, 0.5) is 11.4 Å². The molecule has 0 fully saturated rings. The fourth-order valence-corrected chi connectivity index (χ4v) is 1.80. The minimum atomic E-state index is -0.155. The van der Waals surface area contributed by atoms with E-state index in [4.69, 9.17) is 5.26 Å². The molecule has 1 heterocycles. The lowest BCUT2D eigenvalue weighted by Gasteiger charge is -2.18. The zero-order valence-corrected chi connectivity index (χ0v) is 12.9. The van der Waals surface area contributed by atoms with Crippen molar-refractivity contribution in [3.8, 4) is 6.07 Å². The SMILES string of the molecule is CC(C)(C)n1cc(NC(=O)CNc2ccc(C#N)cc2)cn1. The highest BCUT2D eigenvalue weighted by Crippen LogP contribution is 2.15. The summed E-state index contributed by atoms with van der Waals surface area (Å²) in [6.45, 7) is 6.26. The van der Waals surface area contributed by atoms with Crippen LogP contribution in [0.25, 0.3) is 0 Å². The molecule has 0 unspecified atom stereocenters. The summed E-state index contributed by atoms with van der Waals surface area (Å²) in [6.07, 6.45) is 3.43. The minimum absolute atomic E-state index is 0.121. The third-order valence-electron chi connectivity index (χ3n) is 3.02. The highest BCUT2D eigenvalue weighted by atomic mass is 16.1. The lowest BCUT2D eigenvalue weighted by atomic mass is 10.1. The predicted molar refractivity (Wildman–Crippen MR) is 85.5 cm³/mol. The van der Waals surface area contributed by atoms with Crippen molar-refractivity contribution in [3.05, 3.63) is 42.2 Å². The lowest BCUT2D eigenvalue weighted by molar-refractivity contribution is -0.114. The number of anilines is 2. The van der Waals surface area contributed by atoms with E-state index in [2.05, 4.69) is 15.7 Å². The van der Waals surface area contributed by atoms with Crippen molar-refractivity contribution in [1.29, 1.82) is 5.26 Å². The molecule has 22 heavy (non-hydrogen) atoms. The van der Waals surface area contributed by atoms with E-state index in [9.17, 15) is 4.79 Å². The van der Waals surface area contributed by atoms with Gasteiger partial charge in [-0.1, -0.05) is 0 Å². The maximum absolute atomic E-state index is 11.9. The quantitative estimate of drug-likeness (QED) is 0.908. The fraction of sp³-hybridized carbons (Fsp3) is 0.312. The first kappa shape index (κ1) is 15.6. The van der Waals surface area contributed by atoms with Crippen LogP contribution < -0.4 is 10.6 Å². The number of amides is 1. The smallest absolute Gasteiger partial charge is 0.243 e. The second-order valence-electron chi connectivity index (χ2n) is 5.94. The van der Waals surface area contributed by atoms with Crippen LogP contribution in [0.2, 0.25) is 0 Å². The van der Waals surface area contributed by atoms with Gasteiger partial charge in [-0.3, -0.25) is 9.48 Å². The van der Waals surface area contributed by atoms with Crippen molar-refractivity contribution in [1.82, 2.24) is 9.78 Å². The molecule has 1 aromatic heterocycles. The zero-order chi connectivity index (χ0) is 16.2. The molecule has 0 saturated heterocycles. The summed E-state index contributed by atoms with van der Waals surface area (Å²) < 4.78 is 1.80. The van der Waals surface area contributed by atoms with Gasteiger partial charge in [-0.15, -0.1) is 0 Å². The average molecular weight is 297 g/mol. The Bertz CT molecular complexity index is 689. The molecule has 114 valence electrons. The van der Waals surface area contributed by atoms with E-state index in [1.165, 1.54) is 0 Å². The molecule has 0 radical (unpaired) electrons. The van der Waals surface area contributed by atoms with E-state index in [1.54, 1.807) is 41.3 Å². The maximum atomic E-state index is 11.9. The molecule has 0 saturated carbocycles. The van der Waals surface area contributed by atoms with Crippen LogP contribution in [0, 0.1) is 11.3 Å². The number of benzene rings is 1. The highest BCUT2D eigenvalue weighted by Gasteiger charge is 2.14. The number of carbonyl (C=O) groups excluding carboxylic acids is 1. The van der Waals surface area contributed by atoms with Crippen LogP contribution in [0.3, 0.4) is 0 Å². The Balaban J connectivity index is 1.87. The number of aromatic nitrogens is 2. The molecule has 0 bridgehead atoms. The summed E-state index contributed by atoms with van der Waals surface area (Å²) in [5, 5.41) is 18.8. The van der Waals surface area contributed by atoms with Crippen molar-refractivity contribution < 1.29 is 4.79 Å². The molecule has 0 aliphatic heterocycles. The van der Waals surface area contributed by atoms with Gasteiger partial charge in [-0.05, 0) is 45.0 Å². The van der Waals surface area contributed by atoms with Gasteiger partial charge in [-0.2, -0.15) is 10.4 Å². The molecular weight excluding hydrogens is 278 g/mol. The number of carbonyl (C=O) groups is 1. The summed E-state index contributed by atoms with van der Waals surface area (Å²) in [6, 6.07) is 8.99. The third kappa shape index (κ3) is 4.09. The van der Waals surface area contributed by atoms with Crippen LogP contribution in [-0.4, -0.2) is 22.2 Å². The normalized spacial score (nSPS) is 10.8. The van der Waals surface area contributed by atoms with Crippen LogP contribution in [-0.2, 0) is 10.3 Å². The molecule has 1 aromatic carbocycles. The molecular formula is C16H19N5O. The molecule has 1 amide bonds. The first-order valence-electron chi connectivity index (χ1n) is 6.97. The van der Waals surface area contributed by atoms with Crippen molar-refractivity contribution in [2.45, 2.75) is 26.3 Å². The Morgan fingerprint density at radius 2 is 1.95 bits per heavy atom. The Morgan fingerprint density at radius 1 is 1.27 bits per heavy atom. The maximum Gasteiger partial charge on any atom is 0.243 e. The summed E-state index contributed by atoms with van der Waals surface area (Å²) >= 11 is 0. The molecule has 2 N–H and O–H groups in total. The Labute approximate surface area is 129 Å². The largest absolute Gasteiger partial charge is 0.376 e. The molecule has 6 heteroatoms. The standard InChI is InChI=1S/C16H19N5O/c1-16(2,3)21-11-14(9-19-21)20-15(22)10-18-13-6-4-12(8-17)5-7-13/h4-7,9,11,18H,10H2,1-3H3,(H,20,22). The molecule has 6 nitrogen and oxygen atoms in total. The van der Waals surface area contributed by atoms with Crippen LogP contribution in [0.5, 0.6) is 0 Å². The van der Waals surface area contributed by atoms with Crippen LogP contribution in [0.15, 0.2) is 36.7 Å². The number of rotatable bonds is 4. The van der Waals surface area contributed by atoms with Crippen molar-refractivity contribution >= 4 is 17.3 Å². The van der Waals surface area contributed by atoms with Gasteiger partial charge in [0, 0.05) is 11.9 Å². The summed E-state index contributed by atoms with van der Waals surface area (Å²) in [4.78, 5) is 11.9. The molecule has 0 aliphatic rings. The molecule has 2 rings (SSSR count). The summed E-state index contributed by atoms with van der Waals surface area (Å²) in [5.74, 6) is -0.155. The topological polar surface area (TPSA) is 82.7 Å². The van der Waals surface area contributed by atoms with E-state index >= 15 is 0 Å². The van der Waals surface area contributed by atoms with Gasteiger partial charge in [0.25, 0.3) is 0 Å². The monoisotopic (exact) mass is 297 g/mol. The van der Waals surface area contributed by atoms with Gasteiger partial charge in [0.2, 0.25) is 5.91 Å². The number of hydrogen-bond donors (Lipinski definition) is 2. The fourth-order valence-electron chi connectivity index (χ4n) is 1.80. The predicted octanol–water partition coefficient (Wildman–Crippen LogP) is 2.56. The van der Waals surface area contributed by atoms with Crippen molar-refractivity contribution in [2.75, 3.05) is 17.2 Å². The van der Waals surface area contributed by atoms with Gasteiger partial charge in [0.1, 0.15) is 0 Å². The van der Waals surface area contributed by atoms with Crippen molar-refractivity contribution in [3.63, 3.8) is 0 Å². The second-order valence-corrected chi connectivity index (χ2v) is 5.94. The van der Waals surface area contributed by atoms with E-state index in [0.717, 1.165) is 5.69 Å². The number of nitrogens with one attached hydrogen (secondary N) is 2. The number of nitrogens with zero attached hydrogens (tertiary/aromatic N) is 3.